The number of ether oxygens (including phenoxy) is 4. The van der Waals surface area contributed by atoms with Crippen molar-refractivity contribution in [2.45, 2.75) is 6.61 Å². The molecule has 40 heavy (non-hydrogen) atoms. The topological polar surface area (TPSA) is 156 Å². The third-order valence-corrected chi connectivity index (χ3v) is 5.94. The Morgan fingerprint density at radius 1 is 0.975 bits per heavy atom. The maximum atomic E-state index is 13.0. The maximum Gasteiger partial charge on any atom is 0.255 e. The molecule has 3 heterocycles. The molecular formula is C27H31N7O6. The van der Waals surface area contributed by atoms with E-state index >= 15 is 0 Å². The lowest BCUT2D eigenvalue weighted by atomic mass is 10.2. The van der Waals surface area contributed by atoms with E-state index < -0.39 is 0 Å². The van der Waals surface area contributed by atoms with E-state index in [1.54, 1.807) is 31.3 Å². The number of nitrogens with zero attached hydrogens (tertiary/aromatic N) is 6. The predicted octanol–water partition coefficient (Wildman–Crippen LogP) is 1.50. The van der Waals surface area contributed by atoms with Crippen LogP contribution in [0.1, 0.15) is 21.9 Å². The molecule has 0 aliphatic rings. The van der Waals surface area contributed by atoms with Crippen LogP contribution in [0.4, 0.5) is 0 Å². The van der Waals surface area contributed by atoms with Crippen molar-refractivity contribution >= 4 is 33.8 Å². The number of nitrogens with two attached hydrogens (primary N) is 1. The van der Waals surface area contributed by atoms with Gasteiger partial charge in [-0.05, 0) is 18.2 Å². The first-order chi connectivity index (χ1) is 19.5. The molecule has 0 unspecified atom stereocenters. The number of amides is 1. The van der Waals surface area contributed by atoms with Gasteiger partial charge in [0, 0.05) is 57.5 Å². The molecule has 0 fully saturated rings. The second kappa shape index (κ2) is 13.6. The first-order valence-corrected chi connectivity index (χ1v) is 12.4. The van der Waals surface area contributed by atoms with Gasteiger partial charge in [-0.25, -0.2) is 0 Å². The van der Waals surface area contributed by atoms with Crippen LogP contribution >= 0.6 is 0 Å². The second-order valence-corrected chi connectivity index (χ2v) is 8.71. The minimum absolute atomic E-state index is 0.0864. The summed E-state index contributed by atoms with van der Waals surface area (Å²) in [6, 6.07) is 10.9. The van der Waals surface area contributed by atoms with Crippen LogP contribution in [0.25, 0.3) is 22.1 Å². The first-order valence-electron chi connectivity index (χ1n) is 12.4. The van der Waals surface area contributed by atoms with Crippen molar-refractivity contribution in [2.75, 3.05) is 54.2 Å². The summed E-state index contributed by atoms with van der Waals surface area (Å²) in [5.74, 6) is 0.0134. The summed E-state index contributed by atoms with van der Waals surface area (Å²) in [4.78, 5) is 31.0. The Kier molecular flexibility index (Phi) is 9.67. The highest BCUT2D eigenvalue weighted by atomic mass is 16.5. The average molecular weight is 550 g/mol. The molecule has 0 radical (unpaired) electrons. The molecule has 0 saturated carbocycles. The van der Waals surface area contributed by atoms with Gasteiger partial charge >= 0.3 is 0 Å². The molecule has 3 aromatic heterocycles. The number of carbonyl (C=O) groups is 2. The highest BCUT2D eigenvalue weighted by Crippen LogP contribution is 2.27. The van der Waals surface area contributed by atoms with Crippen molar-refractivity contribution in [3.05, 3.63) is 65.8 Å². The number of rotatable bonds is 14. The fourth-order valence-corrected chi connectivity index (χ4v) is 3.94. The summed E-state index contributed by atoms with van der Waals surface area (Å²) in [6.45, 7) is 1.69. The van der Waals surface area contributed by atoms with E-state index in [4.69, 9.17) is 24.7 Å². The van der Waals surface area contributed by atoms with Gasteiger partial charge in [-0.1, -0.05) is 18.2 Å². The van der Waals surface area contributed by atoms with Crippen molar-refractivity contribution in [1.82, 2.24) is 29.7 Å². The standard InChI is InChI=1S/C27H31N7O6/c1-37-12-10-33(11-13-38-2)27(36)18-8-9-19(29-15-18)16-40-26-22-7-5-4-6-21(22)24-30-31-25(34(24)32-26)23(28)14-20(35)17-39-3/h4-9,14-15H,10-13,16-17,28H2,1-3H3. The summed E-state index contributed by atoms with van der Waals surface area (Å²) in [5, 5.41) is 14.4. The molecule has 1 amide bonds. The van der Waals surface area contributed by atoms with E-state index in [2.05, 4.69) is 20.3 Å². The number of carbonyl (C=O) groups excluding carboxylic acids is 2. The van der Waals surface area contributed by atoms with Gasteiger partial charge in [0.15, 0.2) is 11.4 Å². The summed E-state index contributed by atoms with van der Waals surface area (Å²) in [5.41, 5.74) is 7.73. The monoisotopic (exact) mass is 549 g/mol. The van der Waals surface area contributed by atoms with Crippen molar-refractivity contribution in [2.24, 2.45) is 5.73 Å². The molecule has 13 nitrogen and oxygen atoms in total. The molecule has 0 aliphatic carbocycles. The average Bonchev–Trinajstić information content (AvgIpc) is 3.40. The lowest BCUT2D eigenvalue weighted by Gasteiger charge is -2.22. The Morgan fingerprint density at radius 3 is 2.35 bits per heavy atom. The molecule has 0 aliphatic heterocycles. The zero-order valence-electron chi connectivity index (χ0n) is 22.6. The molecule has 13 heteroatoms. The molecule has 4 aromatic rings. The van der Waals surface area contributed by atoms with E-state index in [9.17, 15) is 9.59 Å². The lowest BCUT2D eigenvalue weighted by Crippen LogP contribution is -2.36. The van der Waals surface area contributed by atoms with Crippen LogP contribution < -0.4 is 10.5 Å². The van der Waals surface area contributed by atoms with E-state index in [1.807, 2.05) is 24.3 Å². The van der Waals surface area contributed by atoms with Crippen LogP contribution in [0.15, 0.2) is 48.7 Å². The fourth-order valence-electron chi connectivity index (χ4n) is 3.94. The summed E-state index contributed by atoms with van der Waals surface area (Å²) in [7, 11) is 4.60. The maximum absolute atomic E-state index is 13.0. The SMILES string of the molecule is COCCN(CCOC)C(=O)c1ccc(COc2nn3c(C(N)=CC(=O)COC)nnc3c3ccccc23)nc1. The quantitative estimate of drug-likeness (QED) is 0.227. The molecule has 0 spiro atoms. The fraction of sp³-hybridized carbons (Fsp3) is 0.333. The minimum Gasteiger partial charge on any atom is -0.470 e. The largest absolute Gasteiger partial charge is 0.470 e. The number of methoxy groups -OCH3 is 3. The van der Waals surface area contributed by atoms with Crippen LogP contribution in [0, 0.1) is 0 Å². The van der Waals surface area contributed by atoms with Gasteiger partial charge in [-0.2, -0.15) is 4.52 Å². The van der Waals surface area contributed by atoms with E-state index in [0.29, 0.717) is 54.5 Å². The van der Waals surface area contributed by atoms with E-state index in [0.717, 1.165) is 5.39 Å². The number of benzene rings is 1. The molecule has 2 N–H and O–H groups in total. The lowest BCUT2D eigenvalue weighted by molar-refractivity contribution is -0.117. The van der Waals surface area contributed by atoms with Crippen molar-refractivity contribution in [1.29, 1.82) is 0 Å². The molecule has 0 bridgehead atoms. The third-order valence-electron chi connectivity index (χ3n) is 5.94. The number of pyridine rings is 1. The summed E-state index contributed by atoms with van der Waals surface area (Å²) >= 11 is 0. The van der Waals surface area contributed by atoms with Crippen LogP contribution in [-0.2, 0) is 25.6 Å². The summed E-state index contributed by atoms with van der Waals surface area (Å²) < 4.78 is 22.6. The highest BCUT2D eigenvalue weighted by molar-refractivity contribution is 5.98. The first kappa shape index (κ1) is 28.5. The number of ketones is 1. The van der Waals surface area contributed by atoms with Gasteiger partial charge in [0.05, 0.1) is 30.2 Å². The minimum atomic E-state index is -0.317. The van der Waals surface area contributed by atoms with Crippen LogP contribution in [0.3, 0.4) is 0 Å². The third kappa shape index (κ3) is 6.57. The normalized spacial score (nSPS) is 11.7. The summed E-state index contributed by atoms with van der Waals surface area (Å²) in [6.07, 6.45) is 2.75. The number of hydrogen-bond donors (Lipinski definition) is 1. The van der Waals surface area contributed by atoms with Crippen molar-refractivity contribution < 1.29 is 28.5 Å². The van der Waals surface area contributed by atoms with Crippen LogP contribution in [-0.4, -0.2) is 95.6 Å². The van der Waals surface area contributed by atoms with Gasteiger partial charge in [-0.3, -0.25) is 14.6 Å². The van der Waals surface area contributed by atoms with E-state index in [1.165, 1.54) is 23.9 Å². The molecule has 0 atom stereocenters. The Balaban J connectivity index is 1.57. The van der Waals surface area contributed by atoms with Gasteiger partial charge in [-0.15, -0.1) is 15.3 Å². The van der Waals surface area contributed by atoms with Crippen LogP contribution in [0.2, 0.25) is 0 Å². The number of fused-ring (bicyclic) bond motifs is 3. The zero-order valence-corrected chi connectivity index (χ0v) is 22.6. The van der Waals surface area contributed by atoms with Gasteiger partial charge in [0.1, 0.15) is 13.2 Å². The van der Waals surface area contributed by atoms with Gasteiger partial charge < -0.3 is 29.6 Å². The molecule has 4 rings (SSSR count). The number of aromatic nitrogens is 5. The molecule has 1 aromatic carbocycles. The van der Waals surface area contributed by atoms with Gasteiger partial charge in [0.2, 0.25) is 11.7 Å². The Labute approximate surface area is 230 Å². The molecule has 0 saturated heterocycles. The molecular weight excluding hydrogens is 518 g/mol. The second-order valence-electron chi connectivity index (χ2n) is 8.71. The Bertz CT molecular complexity index is 1490. The van der Waals surface area contributed by atoms with Crippen molar-refractivity contribution in [3.8, 4) is 5.88 Å². The zero-order chi connectivity index (χ0) is 28.5. The Morgan fingerprint density at radius 2 is 1.70 bits per heavy atom. The van der Waals surface area contributed by atoms with E-state index in [-0.39, 0.29) is 36.4 Å². The number of hydrogen-bond acceptors (Lipinski definition) is 11. The molecule has 210 valence electrons. The van der Waals surface area contributed by atoms with Gasteiger partial charge in [0.25, 0.3) is 5.91 Å². The van der Waals surface area contributed by atoms with Crippen LogP contribution in [0.5, 0.6) is 5.88 Å². The Hall–Kier alpha value is -4.46. The predicted molar refractivity (Wildman–Crippen MR) is 146 cm³/mol. The highest BCUT2D eigenvalue weighted by Gasteiger charge is 2.18. The smallest absolute Gasteiger partial charge is 0.255 e. The van der Waals surface area contributed by atoms with Crippen molar-refractivity contribution in [3.63, 3.8) is 0 Å².